The van der Waals surface area contributed by atoms with Crippen LogP contribution in [0, 0.1) is 0 Å². The summed E-state index contributed by atoms with van der Waals surface area (Å²) >= 11 is 0. The zero-order valence-corrected chi connectivity index (χ0v) is 19.1. The first-order valence-corrected chi connectivity index (χ1v) is 12.3. The Hall–Kier alpha value is -1.45. The van der Waals surface area contributed by atoms with Crippen molar-refractivity contribution >= 4 is 0 Å². The normalized spacial score (nSPS) is 11.2. The lowest BCUT2D eigenvalue weighted by Crippen LogP contribution is -2.22. The molecule has 1 aromatic rings. The molecule has 29 heavy (non-hydrogen) atoms. The number of rotatable bonds is 18. The second-order valence-corrected chi connectivity index (χ2v) is 8.47. The highest BCUT2D eigenvalue weighted by Gasteiger charge is 2.12. The average molecular weight is 408 g/mol. The molecule has 0 bridgehead atoms. The van der Waals surface area contributed by atoms with Gasteiger partial charge in [0.25, 0.3) is 5.56 Å². The summed E-state index contributed by atoms with van der Waals surface area (Å²) in [7, 11) is 0. The van der Waals surface area contributed by atoms with Crippen molar-refractivity contribution in [2.24, 2.45) is 0 Å². The van der Waals surface area contributed by atoms with Gasteiger partial charge in [0.05, 0.1) is 5.69 Å². The highest BCUT2D eigenvalue weighted by molar-refractivity contribution is 5.40. The van der Waals surface area contributed by atoms with Gasteiger partial charge in [-0.25, -0.2) is 0 Å². The van der Waals surface area contributed by atoms with E-state index in [0.29, 0.717) is 18.7 Å². The summed E-state index contributed by atoms with van der Waals surface area (Å²) in [5.74, 6) is -0.460. The molecule has 0 saturated carbocycles. The Balaban J connectivity index is 1.98. The third-order valence-corrected chi connectivity index (χ3v) is 5.94. The number of hydrogen-bond acceptors (Lipinski definition) is 3. The Labute approximate surface area is 178 Å². The second-order valence-electron chi connectivity index (χ2n) is 8.47. The maximum absolute atomic E-state index is 12.1. The summed E-state index contributed by atoms with van der Waals surface area (Å²) in [4.78, 5) is 12.1. The maximum atomic E-state index is 12.1. The fourth-order valence-electron chi connectivity index (χ4n) is 4.09. The quantitative estimate of drug-likeness (QED) is 0.255. The first-order chi connectivity index (χ1) is 14.1. The third-order valence-electron chi connectivity index (χ3n) is 5.94. The summed E-state index contributed by atoms with van der Waals surface area (Å²) in [6, 6.07) is 1.11. The van der Waals surface area contributed by atoms with Crippen molar-refractivity contribution in [3.05, 3.63) is 22.1 Å². The van der Waals surface area contributed by atoms with Crippen molar-refractivity contribution < 1.29 is 10.2 Å². The molecule has 1 rings (SSSR count). The number of hydrogen-bond donors (Lipinski definition) is 2. The topological polar surface area (TPSA) is 62.5 Å². The molecule has 0 unspecified atom stereocenters. The van der Waals surface area contributed by atoms with Crippen molar-refractivity contribution in [2.75, 3.05) is 0 Å². The second kappa shape index (κ2) is 16.4. The minimum atomic E-state index is -0.310. The van der Waals surface area contributed by atoms with Crippen LogP contribution in [-0.4, -0.2) is 14.8 Å². The van der Waals surface area contributed by atoms with E-state index in [0.717, 1.165) is 18.9 Å². The molecule has 0 saturated heterocycles. The lowest BCUT2D eigenvalue weighted by molar-refractivity contribution is 0.386. The van der Waals surface area contributed by atoms with E-state index >= 15 is 0 Å². The maximum Gasteiger partial charge on any atom is 0.254 e. The van der Waals surface area contributed by atoms with Crippen molar-refractivity contribution in [3.8, 4) is 11.5 Å². The van der Waals surface area contributed by atoms with Gasteiger partial charge in [-0.3, -0.25) is 4.79 Å². The fraction of sp³-hybridized carbons (Fsp3) is 0.800. The SMILES string of the molecule is CCCCCCCCCCCCCCCCCCn1c(CC)c(O)c(O)cc1=O. The van der Waals surface area contributed by atoms with Crippen molar-refractivity contribution in [2.45, 2.75) is 130 Å². The van der Waals surface area contributed by atoms with Crippen LogP contribution in [0.3, 0.4) is 0 Å². The Kier molecular flexibility index (Phi) is 14.4. The summed E-state index contributed by atoms with van der Waals surface area (Å²) in [6.07, 6.45) is 21.7. The Morgan fingerprint density at radius 2 is 1.10 bits per heavy atom. The van der Waals surface area contributed by atoms with Crippen LogP contribution in [0.5, 0.6) is 11.5 Å². The molecule has 0 amide bonds. The van der Waals surface area contributed by atoms with Gasteiger partial charge in [-0.1, -0.05) is 110 Å². The van der Waals surface area contributed by atoms with Gasteiger partial charge in [0, 0.05) is 12.6 Å². The van der Waals surface area contributed by atoms with Gasteiger partial charge < -0.3 is 14.8 Å². The predicted molar refractivity (Wildman–Crippen MR) is 123 cm³/mol. The van der Waals surface area contributed by atoms with E-state index in [1.165, 1.54) is 89.9 Å². The number of aromatic nitrogens is 1. The summed E-state index contributed by atoms with van der Waals surface area (Å²) in [5.41, 5.74) is 0.314. The molecule has 0 fully saturated rings. The van der Waals surface area contributed by atoms with E-state index in [-0.39, 0.29) is 17.1 Å². The molecule has 4 heteroatoms. The molecule has 4 nitrogen and oxygen atoms in total. The first kappa shape index (κ1) is 25.6. The Morgan fingerprint density at radius 1 is 0.690 bits per heavy atom. The van der Waals surface area contributed by atoms with E-state index in [4.69, 9.17) is 0 Å². The third kappa shape index (κ3) is 10.8. The molecule has 0 aliphatic rings. The lowest BCUT2D eigenvalue weighted by Gasteiger charge is -2.13. The molecular formula is C25H45NO3. The average Bonchev–Trinajstić information content (AvgIpc) is 2.71. The highest BCUT2D eigenvalue weighted by Crippen LogP contribution is 2.27. The van der Waals surface area contributed by atoms with Gasteiger partial charge in [0.15, 0.2) is 11.5 Å². The van der Waals surface area contributed by atoms with Crippen LogP contribution in [-0.2, 0) is 13.0 Å². The molecule has 0 aliphatic heterocycles. The van der Waals surface area contributed by atoms with Crippen LogP contribution in [0.4, 0.5) is 0 Å². The van der Waals surface area contributed by atoms with Crippen molar-refractivity contribution in [1.82, 2.24) is 4.57 Å². The van der Waals surface area contributed by atoms with Crippen molar-refractivity contribution in [1.29, 1.82) is 0 Å². The summed E-state index contributed by atoms with van der Waals surface area (Å²) in [6.45, 7) is 4.78. The number of unbranched alkanes of at least 4 members (excludes halogenated alkanes) is 15. The van der Waals surface area contributed by atoms with E-state index < -0.39 is 0 Å². The molecule has 1 aromatic heterocycles. The zero-order chi connectivity index (χ0) is 21.3. The van der Waals surface area contributed by atoms with Gasteiger partial charge in [-0.05, 0) is 12.8 Å². The standard InChI is InChI=1S/C25H45NO3/c1-3-5-6-7-8-9-10-11-12-13-14-15-16-17-18-19-20-26-22(4-2)25(29)23(27)21-24(26)28/h21,27,29H,3-20H2,1-2H3. The molecule has 0 aromatic carbocycles. The minimum absolute atomic E-state index is 0.149. The molecular weight excluding hydrogens is 362 g/mol. The highest BCUT2D eigenvalue weighted by atomic mass is 16.3. The van der Waals surface area contributed by atoms with Gasteiger partial charge in [0.2, 0.25) is 0 Å². The molecule has 0 radical (unpaired) electrons. The van der Waals surface area contributed by atoms with Gasteiger partial charge >= 0.3 is 0 Å². The molecule has 1 heterocycles. The zero-order valence-electron chi connectivity index (χ0n) is 19.1. The van der Waals surface area contributed by atoms with Gasteiger partial charge in [-0.2, -0.15) is 0 Å². The lowest BCUT2D eigenvalue weighted by atomic mass is 10.0. The van der Waals surface area contributed by atoms with Crippen LogP contribution in [0.15, 0.2) is 10.9 Å². The minimum Gasteiger partial charge on any atom is -0.504 e. The Bertz CT molecular complexity index is 594. The van der Waals surface area contributed by atoms with Crippen LogP contribution in [0.2, 0.25) is 0 Å². The van der Waals surface area contributed by atoms with Crippen LogP contribution < -0.4 is 5.56 Å². The number of nitrogens with zero attached hydrogens (tertiary/aromatic N) is 1. The predicted octanol–water partition coefficient (Wildman–Crippen LogP) is 7.08. The van der Waals surface area contributed by atoms with Crippen LogP contribution in [0.25, 0.3) is 0 Å². The molecule has 168 valence electrons. The monoisotopic (exact) mass is 407 g/mol. The van der Waals surface area contributed by atoms with Crippen LogP contribution >= 0.6 is 0 Å². The van der Waals surface area contributed by atoms with E-state index in [9.17, 15) is 15.0 Å². The van der Waals surface area contributed by atoms with E-state index in [1.807, 2.05) is 6.92 Å². The fourth-order valence-corrected chi connectivity index (χ4v) is 4.09. The van der Waals surface area contributed by atoms with E-state index in [1.54, 1.807) is 4.57 Å². The summed E-state index contributed by atoms with van der Waals surface area (Å²) < 4.78 is 1.61. The van der Waals surface area contributed by atoms with Crippen LogP contribution in [0.1, 0.15) is 122 Å². The smallest absolute Gasteiger partial charge is 0.254 e. The first-order valence-electron chi connectivity index (χ1n) is 12.3. The molecule has 0 atom stereocenters. The number of aromatic hydroxyl groups is 2. The summed E-state index contributed by atoms with van der Waals surface area (Å²) in [5, 5.41) is 19.5. The number of pyridine rings is 1. The molecule has 2 N–H and O–H groups in total. The van der Waals surface area contributed by atoms with Gasteiger partial charge in [-0.15, -0.1) is 0 Å². The molecule has 0 aliphatic carbocycles. The molecule has 0 spiro atoms. The largest absolute Gasteiger partial charge is 0.504 e. The van der Waals surface area contributed by atoms with E-state index in [2.05, 4.69) is 6.92 Å². The Morgan fingerprint density at radius 3 is 1.52 bits per heavy atom. The van der Waals surface area contributed by atoms with Crippen molar-refractivity contribution in [3.63, 3.8) is 0 Å². The van der Waals surface area contributed by atoms with Gasteiger partial charge in [0.1, 0.15) is 0 Å².